The van der Waals surface area contributed by atoms with Gasteiger partial charge < -0.3 is 5.32 Å². The second-order valence-corrected chi connectivity index (χ2v) is 3.08. The second-order valence-electron chi connectivity index (χ2n) is 2.70. The molecule has 0 radical (unpaired) electrons. The van der Waals surface area contributed by atoms with E-state index in [9.17, 15) is 4.79 Å². The van der Waals surface area contributed by atoms with E-state index in [0.717, 1.165) is 6.42 Å². The van der Waals surface area contributed by atoms with Crippen LogP contribution in [-0.4, -0.2) is 28.1 Å². The predicted octanol–water partition coefficient (Wildman–Crippen LogP) is 0.779. The van der Waals surface area contributed by atoms with E-state index >= 15 is 0 Å². The monoisotopic (exact) mass is 201 g/mol. The van der Waals surface area contributed by atoms with Gasteiger partial charge in [-0.05, 0) is 6.42 Å². The fourth-order valence-electron chi connectivity index (χ4n) is 0.909. The van der Waals surface area contributed by atoms with Crippen molar-refractivity contribution in [3.63, 3.8) is 0 Å². The lowest BCUT2D eigenvalue weighted by molar-refractivity contribution is 0.0953. The van der Waals surface area contributed by atoms with Gasteiger partial charge in [-0.2, -0.15) is 5.10 Å². The number of carbonyl (C=O) groups is 1. The third-order valence-electron chi connectivity index (χ3n) is 1.56. The minimum Gasteiger partial charge on any atom is -0.352 e. The van der Waals surface area contributed by atoms with E-state index in [-0.39, 0.29) is 5.91 Å². The van der Waals surface area contributed by atoms with Gasteiger partial charge in [0.25, 0.3) is 5.91 Å². The highest BCUT2D eigenvalue weighted by Gasteiger charge is 2.05. The number of halogens is 1. The minimum absolute atomic E-state index is 0.0989. The molecule has 72 valence electrons. The van der Waals surface area contributed by atoms with E-state index in [4.69, 9.17) is 11.6 Å². The Morgan fingerprint density at radius 2 is 2.54 bits per heavy atom. The zero-order valence-corrected chi connectivity index (χ0v) is 8.21. The summed E-state index contributed by atoms with van der Waals surface area (Å²) in [5, 5.41) is 6.63. The second kappa shape index (κ2) is 4.87. The number of hydrogen-bond acceptors (Lipinski definition) is 2. The molecule has 13 heavy (non-hydrogen) atoms. The summed E-state index contributed by atoms with van der Waals surface area (Å²) < 4.78 is 1.59. The molecule has 1 rings (SSSR count). The third-order valence-corrected chi connectivity index (χ3v) is 1.83. The van der Waals surface area contributed by atoms with Crippen LogP contribution in [0.5, 0.6) is 0 Å². The number of aromatic nitrogens is 2. The molecule has 1 aromatic rings. The van der Waals surface area contributed by atoms with Gasteiger partial charge >= 0.3 is 0 Å². The Kier molecular flexibility index (Phi) is 3.76. The first-order chi connectivity index (χ1) is 6.24. The number of amides is 1. The lowest BCUT2D eigenvalue weighted by Crippen LogP contribution is -2.24. The molecule has 1 amide bonds. The summed E-state index contributed by atoms with van der Waals surface area (Å²) in [6, 6.07) is 0. The van der Waals surface area contributed by atoms with Crippen molar-refractivity contribution in [3.05, 3.63) is 18.0 Å². The normalized spacial score (nSPS) is 10.0. The van der Waals surface area contributed by atoms with Crippen LogP contribution in [0.1, 0.15) is 16.8 Å². The molecular formula is C8H12ClN3O. The summed E-state index contributed by atoms with van der Waals surface area (Å²) in [6.45, 7) is 0.608. The molecule has 0 spiro atoms. The minimum atomic E-state index is -0.0989. The van der Waals surface area contributed by atoms with Gasteiger partial charge in [0, 0.05) is 25.7 Å². The molecule has 0 bridgehead atoms. The first kappa shape index (κ1) is 10.1. The van der Waals surface area contributed by atoms with Gasteiger partial charge in [0.1, 0.15) is 0 Å². The van der Waals surface area contributed by atoms with Gasteiger partial charge in [0.05, 0.1) is 11.8 Å². The highest BCUT2D eigenvalue weighted by molar-refractivity contribution is 6.17. The third kappa shape index (κ3) is 3.06. The van der Waals surface area contributed by atoms with Crippen molar-refractivity contribution in [1.29, 1.82) is 0 Å². The van der Waals surface area contributed by atoms with Crippen molar-refractivity contribution in [2.45, 2.75) is 6.42 Å². The Labute approximate surface area is 81.9 Å². The molecule has 0 atom stereocenters. The Hall–Kier alpha value is -1.03. The zero-order valence-electron chi connectivity index (χ0n) is 7.46. The summed E-state index contributed by atoms with van der Waals surface area (Å²) in [5.74, 6) is 0.464. The molecule has 0 fully saturated rings. The highest BCUT2D eigenvalue weighted by Crippen LogP contribution is 1.95. The van der Waals surface area contributed by atoms with Crippen molar-refractivity contribution in [2.75, 3.05) is 12.4 Å². The van der Waals surface area contributed by atoms with Crippen LogP contribution in [0.25, 0.3) is 0 Å². The molecule has 0 aliphatic heterocycles. The van der Waals surface area contributed by atoms with E-state index in [0.29, 0.717) is 18.0 Å². The summed E-state index contributed by atoms with van der Waals surface area (Å²) in [6.07, 6.45) is 4.00. The standard InChI is InChI=1S/C8H12ClN3O/c1-12-6-7(5-11-12)8(13)10-4-2-3-9/h5-6H,2-4H2,1H3,(H,10,13). The highest BCUT2D eigenvalue weighted by atomic mass is 35.5. The van der Waals surface area contributed by atoms with Crippen molar-refractivity contribution >= 4 is 17.5 Å². The van der Waals surface area contributed by atoms with E-state index < -0.39 is 0 Å². The van der Waals surface area contributed by atoms with Crippen LogP contribution in [0.4, 0.5) is 0 Å². The molecule has 5 heteroatoms. The van der Waals surface area contributed by atoms with Gasteiger partial charge in [-0.25, -0.2) is 0 Å². The summed E-state index contributed by atoms with van der Waals surface area (Å²) in [7, 11) is 1.77. The first-order valence-corrected chi connectivity index (χ1v) is 4.60. The van der Waals surface area contributed by atoms with E-state index in [1.54, 1.807) is 17.9 Å². The smallest absolute Gasteiger partial charge is 0.254 e. The Balaban J connectivity index is 2.40. The summed E-state index contributed by atoms with van der Waals surface area (Å²) >= 11 is 5.47. The van der Waals surface area contributed by atoms with Crippen molar-refractivity contribution in [2.24, 2.45) is 7.05 Å². The molecule has 1 N–H and O–H groups in total. The van der Waals surface area contributed by atoms with Gasteiger partial charge in [0.2, 0.25) is 0 Å². The molecule has 0 aromatic carbocycles. The van der Waals surface area contributed by atoms with Gasteiger partial charge in [0.15, 0.2) is 0 Å². The number of aryl methyl sites for hydroxylation is 1. The molecular weight excluding hydrogens is 190 g/mol. The van der Waals surface area contributed by atoms with Crippen molar-refractivity contribution < 1.29 is 4.79 Å². The SMILES string of the molecule is Cn1cc(C(=O)NCCCCl)cn1. The molecule has 0 unspecified atom stereocenters. The van der Waals surface area contributed by atoms with Crippen LogP contribution in [0.2, 0.25) is 0 Å². The quantitative estimate of drug-likeness (QED) is 0.578. The molecule has 0 aliphatic rings. The number of nitrogens with zero attached hydrogens (tertiary/aromatic N) is 2. The van der Waals surface area contributed by atoms with Gasteiger partial charge in [-0.15, -0.1) is 11.6 Å². The van der Waals surface area contributed by atoms with Crippen LogP contribution in [-0.2, 0) is 7.05 Å². The maximum absolute atomic E-state index is 11.3. The Bertz CT molecular complexity index is 285. The van der Waals surface area contributed by atoms with Gasteiger partial charge in [-0.1, -0.05) is 0 Å². The predicted molar refractivity (Wildman–Crippen MR) is 50.9 cm³/mol. The Morgan fingerprint density at radius 1 is 1.77 bits per heavy atom. The molecule has 0 aliphatic carbocycles. The van der Waals surface area contributed by atoms with Crippen molar-refractivity contribution in [3.8, 4) is 0 Å². The van der Waals surface area contributed by atoms with Crippen LogP contribution in [0, 0.1) is 0 Å². The van der Waals surface area contributed by atoms with Gasteiger partial charge in [-0.3, -0.25) is 9.48 Å². The number of nitrogens with one attached hydrogen (secondary N) is 1. The van der Waals surface area contributed by atoms with Crippen LogP contribution < -0.4 is 5.32 Å². The summed E-state index contributed by atoms with van der Waals surface area (Å²) in [4.78, 5) is 11.3. The van der Waals surface area contributed by atoms with E-state index in [1.165, 1.54) is 6.20 Å². The molecule has 1 aromatic heterocycles. The van der Waals surface area contributed by atoms with Crippen molar-refractivity contribution in [1.82, 2.24) is 15.1 Å². The molecule has 0 saturated carbocycles. The van der Waals surface area contributed by atoms with E-state index in [2.05, 4.69) is 10.4 Å². The number of hydrogen-bond donors (Lipinski definition) is 1. The van der Waals surface area contributed by atoms with E-state index in [1.807, 2.05) is 0 Å². The Morgan fingerprint density at radius 3 is 3.08 bits per heavy atom. The molecule has 0 saturated heterocycles. The fraction of sp³-hybridized carbons (Fsp3) is 0.500. The maximum atomic E-state index is 11.3. The number of alkyl halides is 1. The molecule has 4 nitrogen and oxygen atoms in total. The topological polar surface area (TPSA) is 46.9 Å². The first-order valence-electron chi connectivity index (χ1n) is 4.07. The van der Waals surface area contributed by atoms with Crippen LogP contribution in [0.15, 0.2) is 12.4 Å². The summed E-state index contributed by atoms with van der Waals surface area (Å²) in [5.41, 5.74) is 0.581. The zero-order chi connectivity index (χ0) is 9.68. The fourth-order valence-corrected chi connectivity index (χ4v) is 1.04. The number of carbonyl (C=O) groups excluding carboxylic acids is 1. The lowest BCUT2D eigenvalue weighted by atomic mass is 10.3. The maximum Gasteiger partial charge on any atom is 0.254 e. The largest absolute Gasteiger partial charge is 0.352 e. The lowest BCUT2D eigenvalue weighted by Gasteiger charge is -1.99. The average Bonchev–Trinajstić information content (AvgIpc) is 2.52. The number of rotatable bonds is 4. The molecule has 1 heterocycles. The van der Waals surface area contributed by atoms with Crippen LogP contribution in [0.3, 0.4) is 0 Å². The van der Waals surface area contributed by atoms with Crippen LogP contribution >= 0.6 is 11.6 Å². The average molecular weight is 202 g/mol.